The van der Waals surface area contributed by atoms with Crippen molar-refractivity contribution in [3.63, 3.8) is 0 Å². The number of hydrogen-bond donors (Lipinski definition) is 1. The monoisotopic (exact) mass is 320 g/mol. The summed E-state index contributed by atoms with van der Waals surface area (Å²) in [4.78, 5) is 12.1. The Hall–Kier alpha value is -2.45. The zero-order chi connectivity index (χ0) is 16.3. The van der Waals surface area contributed by atoms with Crippen LogP contribution in [-0.4, -0.2) is 5.91 Å². The van der Waals surface area contributed by atoms with Crippen molar-refractivity contribution in [1.82, 2.24) is 5.32 Å². The van der Waals surface area contributed by atoms with E-state index in [2.05, 4.69) is 5.32 Å². The molecule has 0 radical (unpaired) electrons. The molecule has 6 heteroatoms. The van der Waals surface area contributed by atoms with Crippen molar-refractivity contribution in [2.45, 2.75) is 13.0 Å². The Morgan fingerprint density at radius 1 is 1.23 bits per heavy atom. The second-order valence-corrected chi connectivity index (χ2v) is 5.08. The zero-order valence-corrected chi connectivity index (χ0v) is 12.3. The fourth-order valence-electron chi connectivity index (χ4n) is 1.90. The molecule has 0 heterocycles. The van der Waals surface area contributed by atoms with E-state index in [1.807, 2.05) is 6.07 Å². The maximum Gasteiger partial charge on any atom is 0.253 e. The van der Waals surface area contributed by atoms with Gasteiger partial charge in [-0.1, -0.05) is 23.7 Å². The fourth-order valence-corrected chi connectivity index (χ4v) is 2.14. The number of hydrogen-bond acceptors (Lipinski definition) is 2. The number of nitrogens with one attached hydrogen (secondary N) is 1. The Morgan fingerprint density at radius 3 is 2.41 bits per heavy atom. The normalized spacial score (nSPS) is 11.6. The van der Waals surface area contributed by atoms with Gasteiger partial charge in [-0.25, -0.2) is 8.78 Å². The van der Waals surface area contributed by atoms with Crippen molar-refractivity contribution in [3.8, 4) is 6.07 Å². The van der Waals surface area contributed by atoms with E-state index in [1.165, 1.54) is 0 Å². The molecule has 1 amide bonds. The highest BCUT2D eigenvalue weighted by molar-refractivity contribution is 6.33. The lowest BCUT2D eigenvalue weighted by molar-refractivity contribution is 0.0939. The first-order valence-corrected chi connectivity index (χ1v) is 6.75. The largest absolute Gasteiger partial charge is 0.345 e. The lowest BCUT2D eigenvalue weighted by Gasteiger charge is -2.15. The first kappa shape index (κ1) is 15.9. The van der Waals surface area contributed by atoms with Crippen LogP contribution in [0.15, 0.2) is 36.4 Å². The van der Waals surface area contributed by atoms with Crippen molar-refractivity contribution in [3.05, 3.63) is 69.7 Å². The van der Waals surface area contributed by atoms with Crippen LogP contribution in [-0.2, 0) is 0 Å². The minimum atomic E-state index is -1.14. The summed E-state index contributed by atoms with van der Waals surface area (Å²) in [5, 5.41) is 11.2. The molecule has 1 N–H and O–H groups in total. The van der Waals surface area contributed by atoms with Crippen molar-refractivity contribution >= 4 is 17.5 Å². The van der Waals surface area contributed by atoms with Gasteiger partial charge < -0.3 is 5.32 Å². The fraction of sp³-hybridized carbons (Fsp3) is 0.125. The number of benzene rings is 2. The number of rotatable bonds is 3. The van der Waals surface area contributed by atoms with Gasteiger partial charge in [0.05, 0.1) is 28.3 Å². The van der Waals surface area contributed by atoms with Gasteiger partial charge in [-0.05, 0) is 36.8 Å². The van der Waals surface area contributed by atoms with Crippen LogP contribution in [0.1, 0.15) is 34.5 Å². The van der Waals surface area contributed by atoms with Gasteiger partial charge in [0.1, 0.15) is 0 Å². The molecule has 112 valence electrons. The quantitative estimate of drug-likeness (QED) is 0.870. The van der Waals surface area contributed by atoms with Gasteiger partial charge in [0.15, 0.2) is 11.6 Å². The van der Waals surface area contributed by atoms with Crippen molar-refractivity contribution < 1.29 is 13.6 Å². The van der Waals surface area contributed by atoms with Crippen LogP contribution in [0.2, 0.25) is 5.02 Å². The topological polar surface area (TPSA) is 52.9 Å². The molecule has 0 aliphatic rings. The van der Waals surface area contributed by atoms with Gasteiger partial charge in [-0.3, -0.25) is 4.79 Å². The highest BCUT2D eigenvalue weighted by Gasteiger charge is 2.17. The van der Waals surface area contributed by atoms with Crippen LogP contribution in [0.4, 0.5) is 8.78 Å². The lowest BCUT2D eigenvalue weighted by Crippen LogP contribution is -2.27. The first-order valence-electron chi connectivity index (χ1n) is 6.38. The molecule has 3 nitrogen and oxygen atoms in total. The van der Waals surface area contributed by atoms with E-state index in [1.54, 1.807) is 31.2 Å². The number of amides is 1. The van der Waals surface area contributed by atoms with Crippen LogP contribution < -0.4 is 5.32 Å². The molecule has 0 aliphatic carbocycles. The molecular weight excluding hydrogens is 310 g/mol. The van der Waals surface area contributed by atoms with Crippen LogP contribution in [0.25, 0.3) is 0 Å². The molecule has 0 aliphatic heterocycles. The molecule has 0 fully saturated rings. The van der Waals surface area contributed by atoms with Gasteiger partial charge in [0, 0.05) is 0 Å². The SMILES string of the molecule is CC(NC(=O)c1cc(F)c(F)cc1Cl)c1ccc(C#N)cc1. The second kappa shape index (κ2) is 6.54. The molecule has 0 saturated heterocycles. The number of nitrogens with zero attached hydrogens (tertiary/aromatic N) is 1. The average molecular weight is 321 g/mol. The third-order valence-electron chi connectivity index (χ3n) is 3.14. The molecule has 0 aromatic heterocycles. The summed E-state index contributed by atoms with van der Waals surface area (Å²) in [7, 11) is 0. The predicted molar refractivity (Wildman–Crippen MR) is 78.4 cm³/mol. The zero-order valence-electron chi connectivity index (χ0n) is 11.5. The molecule has 1 atom stereocenters. The lowest BCUT2D eigenvalue weighted by atomic mass is 10.1. The number of nitriles is 1. The molecule has 0 spiro atoms. The summed E-state index contributed by atoms with van der Waals surface area (Å²) in [6, 6.07) is 9.80. The minimum absolute atomic E-state index is 0.138. The predicted octanol–water partition coefficient (Wildman–Crippen LogP) is 3.98. The molecule has 1 unspecified atom stereocenters. The van der Waals surface area contributed by atoms with E-state index in [0.717, 1.165) is 17.7 Å². The van der Waals surface area contributed by atoms with E-state index < -0.39 is 17.5 Å². The van der Waals surface area contributed by atoms with E-state index in [-0.39, 0.29) is 16.6 Å². The Kier molecular flexibility index (Phi) is 4.74. The third-order valence-corrected chi connectivity index (χ3v) is 3.45. The van der Waals surface area contributed by atoms with E-state index in [9.17, 15) is 13.6 Å². The molecule has 22 heavy (non-hydrogen) atoms. The summed E-state index contributed by atoms with van der Waals surface area (Å²) in [5.74, 6) is -2.86. The number of carbonyl (C=O) groups excluding carboxylic acids is 1. The molecule has 0 bridgehead atoms. The van der Waals surface area contributed by atoms with Crippen LogP contribution in [0, 0.1) is 23.0 Å². The Bertz CT molecular complexity index is 754. The maximum absolute atomic E-state index is 13.2. The smallest absolute Gasteiger partial charge is 0.253 e. The van der Waals surface area contributed by atoms with Crippen molar-refractivity contribution in [2.24, 2.45) is 0 Å². The van der Waals surface area contributed by atoms with Crippen LogP contribution in [0.3, 0.4) is 0 Å². The Labute approximate surface area is 131 Å². The van der Waals surface area contributed by atoms with E-state index >= 15 is 0 Å². The van der Waals surface area contributed by atoms with E-state index in [4.69, 9.17) is 16.9 Å². The number of carbonyl (C=O) groups is 1. The van der Waals surface area contributed by atoms with Crippen LogP contribution in [0.5, 0.6) is 0 Å². The van der Waals surface area contributed by atoms with Gasteiger partial charge in [0.25, 0.3) is 5.91 Å². The van der Waals surface area contributed by atoms with Gasteiger partial charge in [-0.15, -0.1) is 0 Å². The second-order valence-electron chi connectivity index (χ2n) is 4.68. The summed E-state index contributed by atoms with van der Waals surface area (Å²) in [6.45, 7) is 1.73. The van der Waals surface area contributed by atoms with Crippen molar-refractivity contribution in [1.29, 1.82) is 5.26 Å². The molecule has 0 saturated carbocycles. The first-order chi connectivity index (χ1) is 10.4. The summed E-state index contributed by atoms with van der Waals surface area (Å²) >= 11 is 5.76. The summed E-state index contributed by atoms with van der Waals surface area (Å²) in [6.07, 6.45) is 0. The standard InChI is InChI=1S/C16H11ClF2N2O/c1-9(11-4-2-10(8-20)3-5-11)21-16(22)12-6-14(18)15(19)7-13(12)17/h2-7,9H,1H3,(H,21,22). The van der Waals surface area contributed by atoms with Gasteiger partial charge >= 0.3 is 0 Å². The van der Waals surface area contributed by atoms with Gasteiger partial charge in [-0.2, -0.15) is 5.26 Å². The Balaban J connectivity index is 2.17. The molecule has 2 rings (SSSR count). The molecule has 2 aromatic rings. The molecule has 2 aromatic carbocycles. The number of halogens is 3. The van der Waals surface area contributed by atoms with Crippen LogP contribution >= 0.6 is 11.6 Å². The minimum Gasteiger partial charge on any atom is -0.345 e. The summed E-state index contributed by atoms with van der Waals surface area (Å²) < 4.78 is 26.2. The van der Waals surface area contributed by atoms with Crippen molar-refractivity contribution in [2.75, 3.05) is 0 Å². The third kappa shape index (κ3) is 3.41. The maximum atomic E-state index is 13.2. The highest BCUT2D eigenvalue weighted by Crippen LogP contribution is 2.21. The Morgan fingerprint density at radius 2 is 1.82 bits per heavy atom. The summed E-state index contributed by atoms with van der Waals surface area (Å²) in [5.41, 5.74) is 1.14. The molecular formula is C16H11ClF2N2O. The average Bonchev–Trinajstić information content (AvgIpc) is 2.50. The highest BCUT2D eigenvalue weighted by atomic mass is 35.5. The van der Waals surface area contributed by atoms with Gasteiger partial charge in [0.2, 0.25) is 0 Å². The van der Waals surface area contributed by atoms with E-state index in [0.29, 0.717) is 5.56 Å².